The van der Waals surface area contributed by atoms with Crippen molar-refractivity contribution >= 4 is 35.9 Å². The number of nitrogens with zero attached hydrogens (tertiary/aromatic N) is 2. The zero-order valence-corrected chi connectivity index (χ0v) is 18.3. The minimum Gasteiger partial charge on any atom is -0.469 e. The van der Waals surface area contributed by atoms with Crippen molar-refractivity contribution in [1.82, 2.24) is 10.2 Å². The molecule has 6 heteroatoms. The molecular weight excluding hydrogens is 441 g/mol. The number of guanidine groups is 1. The molecule has 1 heterocycles. The third-order valence-electron chi connectivity index (χ3n) is 4.79. The number of hydrogen-bond acceptors (Lipinski definition) is 3. The molecule has 1 saturated heterocycles. The number of methoxy groups -OCH3 is 1. The van der Waals surface area contributed by atoms with Crippen LogP contribution in [0.1, 0.15) is 50.0 Å². The van der Waals surface area contributed by atoms with Gasteiger partial charge in [0.05, 0.1) is 7.11 Å². The molecule has 146 valence electrons. The summed E-state index contributed by atoms with van der Waals surface area (Å²) in [5.41, 5.74) is 1.42. The van der Waals surface area contributed by atoms with Gasteiger partial charge in [-0.1, -0.05) is 43.2 Å². The molecule has 0 aliphatic carbocycles. The Kier molecular flexibility index (Phi) is 11.3. The van der Waals surface area contributed by atoms with Gasteiger partial charge in [0.15, 0.2) is 5.96 Å². The van der Waals surface area contributed by atoms with Crippen LogP contribution < -0.4 is 5.32 Å². The maximum Gasteiger partial charge on any atom is 0.305 e. The number of likely N-dealkylation sites (tertiary alicyclic amines) is 1. The predicted molar refractivity (Wildman–Crippen MR) is 117 cm³/mol. The SMILES string of the molecule is CN=C(NCCCCCCC(=O)OC)N1CCC(c2ccccc2)C1.I. The Balaban J connectivity index is 0.00000338. The van der Waals surface area contributed by atoms with E-state index in [2.05, 4.69) is 50.3 Å². The zero-order chi connectivity index (χ0) is 17.9. The molecule has 1 aromatic carbocycles. The van der Waals surface area contributed by atoms with Crippen molar-refractivity contribution in [3.8, 4) is 0 Å². The van der Waals surface area contributed by atoms with Crippen LogP contribution in [0.15, 0.2) is 35.3 Å². The van der Waals surface area contributed by atoms with E-state index in [9.17, 15) is 4.79 Å². The number of benzene rings is 1. The van der Waals surface area contributed by atoms with Crippen LogP contribution in [0.4, 0.5) is 0 Å². The van der Waals surface area contributed by atoms with E-state index >= 15 is 0 Å². The van der Waals surface area contributed by atoms with Gasteiger partial charge < -0.3 is 15.0 Å². The second-order valence-corrected chi connectivity index (χ2v) is 6.56. The minimum atomic E-state index is -0.111. The lowest BCUT2D eigenvalue weighted by molar-refractivity contribution is -0.140. The van der Waals surface area contributed by atoms with Crippen LogP contribution >= 0.6 is 24.0 Å². The number of carbonyl (C=O) groups excluding carboxylic acids is 1. The van der Waals surface area contributed by atoms with Crippen molar-refractivity contribution in [3.63, 3.8) is 0 Å². The van der Waals surface area contributed by atoms with E-state index in [1.807, 2.05) is 7.05 Å². The molecule has 0 amide bonds. The monoisotopic (exact) mass is 473 g/mol. The molecule has 1 aromatic rings. The Bertz CT molecular complexity index is 551. The van der Waals surface area contributed by atoms with Crippen molar-refractivity contribution in [1.29, 1.82) is 0 Å². The van der Waals surface area contributed by atoms with E-state index in [1.165, 1.54) is 19.1 Å². The summed E-state index contributed by atoms with van der Waals surface area (Å²) in [4.78, 5) is 17.8. The van der Waals surface area contributed by atoms with Gasteiger partial charge in [-0.05, 0) is 24.8 Å². The lowest BCUT2D eigenvalue weighted by atomic mass is 9.99. The topological polar surface area (TPSA) is 53.9 Å². The number of hydrogen-bond donors (Lipinski definition) is 1. The molecular formula is C20H32IN3O2. The smallest absolute Gasteiger partial charge is 0.305 e. The van der Waals surface area contributed by atoms with E-state index in [0.29, 0.717) is 12.3 Å². The van der Waals surface area contributed by atoms with Gasteiger partial charge in [-0.15, -0.1) is 24.0 Å². The molecule has 0 aromatic heterocycles. The van der Waals surface area contributed by atoms with Crippen molar-refractivity contribution in [2.24, 2.45) is 4.99 Å². The quantitative estimate of drug-likeness (QED) is 0.205. The Morgan fingerprint density at radius 2 is 1.96 bits per heavy atom. The molecule has 1 atom stereocenters. The van der Waals surface area contributed by atoms with Gasteiger partial charge in [0.2, 0.25) is 0 Å². The first-order valence-corrected chi connectivity index (χ1v) is 9.32. The molecule has 0 spiro atoms. The number of unbranched alkanes of at least 4 members (excludes halogenated alkanes) is 3. The van der Waals surface area contributed by atoms with Gasteiger partial charge in [-0.25, -0.2) is 0 Å². The van der Waals surface area contributed by atoms with Crippen molar-refractivity contribution in [2.45, 2.75) is 44.4 Å². The van der Waals surface area contributed by atoms with Gasteiger partial charge in [0.1, 0.15) is 0 Å². The number of ether oxygens (including phenoxy) is 1. The molecule has 0 radical (unpaired) electrons. The second kappa shape index (κ2) is 12.9. The summed E-state index contributed by atoms with van der Waals surface area (Å²) in [6, 6.07) is 10.7. The van der Waals surface area contributed by atoms with Gasteiger partial charge in [-0.2, -0.15) is 0 Å². The van der Waals surface area contributed by atoms with E-state index < -0.39 is 0 Å². The molecule has 1 fully saturated rings. The van der Waals surface area contributed by atoms with Crippen LogP contribution in [0.25, 0.3) is 0 Å². The molecule has 5 nitrogen and oxygen atoms in total. The summed E-state index contributed by atoms with van der Waals surface area (Å²) in [6.45, 7) is 3.01. The Morgan fingerprint density at radius 3 is 2.65 bits per heavy atom. The van der Waals surface area contributed by atoms with Crippen molar-refractivity contribution in [2.75, 3.05) is 33.8 Å². The maximum atomic E-state index is 11.0. The van der Waals surface area contributed by atoms with Crippen LogP contribution in [0.2, 0.25) is 0 Å². The highest BCUT2D eigenvalue weighted by Crippen LogP contribution is 2.26. The maximum absolute atomic E-state index is 11.0. The van der Waals surface area contributed by atoms with E-state index in [1.54, 1.807) is 0 Å². The Hall–Kier alpha value is -1.31. The normalized spacial score (nSPS) is 16.9. The highest BCUT2D eigenvalue weighted by atomic mass is 127. The third kappa shape index (κ3) is 7.51. The van der Waals surface area contributed by atoms with Gasteiger partial charge in [0.25, 0.3) is 0 Å². The molecule has 2 rings (SSSR count). The van der Waals surface area contributed by atoms with Crippen LogP contribution in [0, 0.1) is 0 Å². The third-order valence-corrected chi connectivity index (χ3v) is 4.79. The first-order valence-electron chi connectivity index (χ1n) is 9.32. The summed E-state index contributed by atoms with van der Waals surface area (Å²) in [5.74, 6) is 1.49. The van der Waals surface area contributed by atoms with Crippen LogP contribution in [0.3, 0.4) is 0 Å². The van der Waals surface area contributed by atoms with E-state index in [0.717, 1.165) is 51.3 Å². The number of esters is 1. The lowest BCUT2D eigenvalue weighted by Gasteiger charge is -2.21. The van der Waals surface area contributed by atoms with Crippen LogP contribution in [0.5, 0.6) is 0 Å². The minimum absolute atomic E-state index is 0. The summed E-state index contributed by atoms with van der Waals surface area (Å²) < 4.78 is 4.65. The fourth-order valence-corrected chi connectivity index (χ4v) is 3.33. The largest absolute Gasteiger partial charge is 0.469 e. The molecule has 1 unspecified atom stereocenters. The van der Waals surface area contributed by atoms with E-state index in [4.69, 9.17) is 0 Å². The Morgan fingerprint density at radius 1 is 1.23 bits per heavy atom. The second-order valence-electron chi connectivity index (χ2n) is 6.56. The average Bonchev–Trinajstić information content (AvgIpc) is 3.14. The zero-order valence-electron chi connectivity index (χ0n) is 15.9. The van der Waals surface area contributed by atoms with Crippen molar-refractivity contribution < 1.29 is 9.53 Å². The van der Waals surface area contributed by atoms with Gasteiger partial charge in [0, 0.05) is 39.0 Å². The number of nitrogens with one attached hydrogen (secondary N) is 1. The highest BCUT2D eigenvalue weighted by molar-refractivity contribution is 14.0. The summed E-state index contributed by atoms with van der Waals surface area (Å²) >= 11 is 0. The Labute approximate surface area is 174 Å². The number of aliphatic imine (C=N–C) groups is 1. The molecule has 1 aliphatic rings. The number of carbonyl (C=O) groups is 1. The number of halogens is 1. The summed E-state index contributed by atoms with van der Waals surface area (Å²) in [6.07, 6.45) is 5.89. The lowest BCUT2D eigenvalue weighted by Crippen LogP contribution is -2.40. The number of rotatable bonds is 8. The fraction of sp³-hybridized carbons (Fsp3) is 0.600. The average molecular weight is 473 g/mol. The van der Waals surface area contributed by atoms with Crippen LogP contribution in [-0.4, -0.2) is 50.6 Å². The highest BCUT2D eigenvalue weighted by Gasteiger charge is 2.25. The first-order chi connectivity index (χ1) is 12.2. The molecule has 0 saturated carbocycles. The predicted octanol–water partition coefficient (Wildman–Crippen LogP) is 3.79. The van der Waals surface area contributed by atoms with E-state index in [-0.39, 0.29) is 29.9 Å². The fourth-order valence-electron chi connectivity index (χ4n) is 3.33. The van der Waals surface area contributed by atoms with Gasteiger partial charge >= 0.3 is 5.97 Å². The summed E-state index contributed by atoms with van der Waals surface area (Å²) in [7, 11) is 3.30. The first kappa shape index (κ1) is 22.7. The van der Waals surface area contributed by atoms with Crippen molar-refractivity contribution in [3.05, 3.63) is 35.9 Å². The summed E-state index contributed by atoms with van der Waals surface area (Å²) in [5, 5.41) is 3.48. The van der Waals surface area contributed by atoms with Gasteiger partial charge in [-0.3, -0.25) is 9.79 Å². The molecule has 1 N–H and O–H groups in total. The molecule has 0 bridgehead atoms. The standard InChI is InChI=1S/C20H31N3O2.HI/c1-21-20(22-14-9-4-3-8-12-19(24)25-2)23-15-13-18(16-23)17-10-6-5-7-11-17;/h5-7,10-11,18H,3-4,8-9,12-16H2,1-2H3,(H,21,22);1H. The van der Waals surface area contributed by atoms with Crippen LogP contribution in [-0.2, 0) is 9.53 Å². The molecule has 1 aliphatic heterocycles. The molecule has 26 heavy (non-hydrogen) atoms.